The molecule has 1 fully saturated rings. The Balaban J connectivity index is 1.44. The number of anilines is 1. The number of rotatable bonds is 17. The van der Waals surface area contributed by atoms with Gasteiger partial charge in [-0.25, -0.2) is 4.98 Å². The number of amides is 1. The van der Waals surface area contributed by atoms with Crippen LogP contribution in [0.4, 0.5) is 5.82 Å². The van der Waals surface area contributed by atoms with Gasteiger partial charge in [-0.2, -0.15) is 8.42 Å². The Morgan fingerprint density at radius 2 is 1.53 bits per heavy atom. The number of carbonyl (C=O) groups excluding carboxylic acids is 1. The van der Waals surface area contributed by atoms with E-state index in [4.69, 9.17) is 4.18 Å². The minimum Gasteiger partial charge on any atom is -0.354 e. The maximum atomic E-state index is 12.4. The third-order valence-corrected chi connectivity index (χ3v) is 6.90. The number of pyridine rings is 1. The number of aromatic nitrogens is 1. The summed E-state index contributed by atoms with van der Waals surface area (Å²) in [6.07, 6.45) is 13.9. The highest BCUT2D eigenvalue weighted by Gasteiger charge is 2.17. The molecule has 0 aromatic carbocycles. The van der Waals surface area contributed by atoms with Gasteiger partial charge in [0.05, 0.1) is 18.4 Å². The molecule has 2 heterocycles. The van der Waals surface area contributed by atoms with E-state index < -0.39 is 10.1 Å². The molecule has 0 unspecified atom stereocenters. The molecule has 1 aromatic heterocycles. The smallest absolute Gasteiger partial charge is 0.264 e. The molecule has 8 nitrogen and oxygen atoms in total. The van der Waals surface area contributed by atoms with Crippen molar-refractivity contribution in [2.45, 2.75) is 71.1 Å². The van der Waals surface area contributed by atoms with E-state index in [1.54, 1.807) is 6.20 Å². The molecule has 0 spiro atoms. The molecule has 194 valence electrons. The lowest BCUT2D eigenvalue weighted by molar-refractivity contribution is 0.0952. The standard InChI is InChI=1S/C25H44N4O4S/c1-3-28-17-19-29(20-18-28)24-15-14-23(22-27-24)25(30)26-16-12-10-8-6-4-5-7-9-11-13-21-33-34(2,31)32/h14-15,22H,3-13,16-21H2,1-2H3,(H,26,30). The Hall–Kier alpha value is -1.71. The van der Waals surface area contributed by atoms with Crippen molar-refractivity contribution in [3.8, 4) is 0 Å². The second-order valence-electron chi connectivity index (χ2n) is 9.14. The van der Waals surface area contributed by atoms with Crippen molar-refractivity contribution in [2.75, 3.05) is 57.0 Å². The van der Waals surface area contributed by atoms with Crippen LogP contribution in [0.1, 0.15) is 81.5 Å². The first-order valence-electron chi connectivity index (χ1n) is 12.9. The van der Waals surface area contributed by atoms with E-state index in [2.05, 4.69) is 27.0 Å². The molecular weight excluding hydrogens is 452 g/mol. The van der Waals surface area contributed by atoms with E-state index in [1.807, 2.05) is 12.1 Å². The second kappa shape index (κ2) is 16.1. The maximum absolute atomic E-state index is 12.4. The van der Waals surface area contributed by atoms with Gasteiger partial charge in [0.15, 0.2) is 0 Å². The predicted molar refractivity (Wildman–Crippen MR) is 138 cm³/mol. The van der Waals surface area contributed by atoms with Crippen LogP contribution in [0.3, 0.4) is 0 Å². The normalized spacial score (nSPS) is 14.9. The average Bonchev–Trinajstić information content (AvgIpc) is 2.83. The van der Waals surface area contributed by atoms with Crippen LogP contribution in [-0.2, 0) is 14.3 Å². The molecule has 34 heavy (non-hydrogen) atoms. The zero-order valence-corrected chi connectivity index (χ0v) is 22.0. The maximum Gasteiger partial charge on any atom is 0.264 e. The second-order valence-corrected chi connectivity index (χ2v) is 10.8. The lowest BCUT2D eigenvalue weighted by Gasteiger charge is -2.34. The van der Waals surface area contributed by atoms with Crippen molar-refractivity contribution in [1.29, 1.82) is 0 Å². The van der Waals surface area contributed by atoms with Gasteiger partial charge in [0, 0.05) is 38.9 Å². The van der Waals surface area contributed by atoms with Gasteiger partial charge in [-0.05, 0) is 31.5 Å². The fraction of sp³-hybridized carbons (Fsp3) is 0.760. The van der Waals surface area contributed by atoms with Gasteiger partial charge < -0.3 is 15.1 Å². The van der Waals surface area contributed by atoms with Gasteiger partial charge in [-0.15, -0.1) is 0 Å². The fourth-order valence-electron chi connectivity index (χ4n) is 4.16. The molecule has 0 aliphatic carbocycles. The summed E-state index contributed by atoms with van der Waals surface area (Å²) in [5, 5.41) is 3.01. The third-order valence-electron chi connectivity index (χ3n) is 6.31. The lowest BCUT2D eigenvalue weighted by atomic mass is 10.1. The van der Waals surface area contributed by atoms with Crippen LogP contribution < -0.4 is 10.2 Å². The quantitative estimate of drug-likeness (QED) is 0.259. The van der Waals surface area contributed by atoms with Gasteiger partial charge in [-0.1, -0.05) is 58.3 Å². The number of nitrogens with zero attached hydrogens (tertiary/aromatic N) is 3. The van der Waals surface area contributed by atoms with Crippen LogP contribution in [-0.4, -0.2) is 76.3 Å². The highest BCUT2D eigenvalue weighted by molar-refractivity contribution is 7.85. The average molecular weight is 497 g/mol. The number of unbranched alkanes of at least 4 members (excludes halogenated alkanes) is 9. The highest BCUT2D eigenvalue weighted by atomic mass is 32.2. The molecule has 1 saturated heterocycles. The van der Waals surface area contributed by atoms with Gasteiger partial charge >= 0.3 is 0 Å². The van der Waals surface area contributed by atoms with Crippen LogP contribution in [0.15, 0.2) is 18.3 Å². The largest absolute Gasteiger partial charge is 0.354 e. The Bertz CT molecular complexity index is 794. The van der Waals surface area contributed by atoms with Crippen LogP contribution >= 0.6 is 0 Å². The summed E-state index contributed by atoms with van der Waals surface area (Å²) in [7, 11) is -3.29. The Morgan fingerprint density at radius 1 is 0.941 bits per heavy atom. The molecule has 0 atom stereocenters. The Labute approximate surface area is 206 Å². The number of hydrogen-bond acceptors (Lipinski definition) is 7. The highest BCUT2D eigenvalue weighted by Crippen LogP contribution is 2.14. The van der Waals surface area contributed by atoms with E-state index >= 15 is 0 Å². The molecule has 1 amide bonds. The lowest BCUT2D eigenvalue weighted by Crippen LogP contribution is -2.46. The summed E-state index contributed by atoms with van der Waals surface area (Å²) in [6, 6.07) is 3.84. The molecule has 2 rings (SSSR count). The van der Waals surface area contributed by atoms with Crippen LogP contribution in [0.25, 0.3) is 0 Å². The summed E-state index contributed by atoms with van der Waals surface area (Å²) >= 11 is 0. The summed E-state index contributed by atoms with van der Waals surface area (Å²) in [5.41, 5.74) is 0.624. The summed E-state index contributed by atoms with van der Waals surface area (Å²) in [6.45, 7) is 8.37. The monoisotopic (exact) mass is 496 g/mol. The van der Waals surface area contributed by atoms with Gasteiger partial charge in [0.25, 0.3) is 16.0 Å². The van der Waals surface area contributed by atoms with Crippen molar-refractivity contribution < 1.29 is 17.4 Å². The number of piperazine rings is 1. The first kappa shape index (κ1) is 28.5. The molecule has 1 N–H and O–H groups in total. The van der Waals surface area contributed by atoms with Gasteiger partial charge in [0.2, 0.25) is 0 Å². The molecule has 1 aliphatic heterocycles. The Kier molecular flexibility index (Phi) is 13.5. The van der Waals surface area contributed by atoms with E-state index in [0.29, 0.717) is 18.7 Å². The first-order chi connectivity index (χ1) is 16.4. The predicted octanol–water partition coefficient (Wildman–Crippen LogP) is 3.83. The SMILES string of the molecule is CCN1CCN(c2ccc(C(=O)NCCCCCCCCCCCCOS(C)(=O)=O)cn2)CC1. The molecule has 0 bridgehead atoms. The molecule has 1 aromatic rings. The van der Waals surface area contributed by atoms with Gasteiger partial charge in [0.1, 0.15) is 5.82 Å². The number of hydrogen-bond donors (Lipinski definition) is 1. The van der Waals surface area contributed by atoms with E-state index in [0.717, 1.165) is 76.9 Å². The van der Waals surface area contributed by atoms with Crippen molar-refractivity contribution in [2.24, 2.45) is 0 Å². The molecule has 9 heteroatoms. The van der Waals surface area contributed by atoms with E-state index in [9.17, 15) is 13.2 Å². The Morgan fingerprint density at radius 3 is 2.06 bits per heavy atom. The van der Waals surface area contributed by atoms with Crippen molar-refractivity contribution in [1.82, 2.24) is 15.2 Å². The molecule has 1 aliphatic rings. The topological polar surface area (TPSA) is 91.8 Å². The number of likely N-dealkylation sites (N-methyl/N-ethyl adjacent to an activating group) is 1. The van der Waals surface area contributed by atoms with Crippen molar-refractivity contribution in [3.05, 3.63) is 23.9 Å². The molecule has 0 radical (unpaired) electrons. The van der Waals surface area contributed by atoms with Crippen molar-refractivity contribution >= 4 is 21.8 Å². The minimum absolute atomic E-state index is 0.0446. The van der Waals surface area contributed by atoms with Gasteiger partial charge in [-0.3, -0.25) is 8.98 Å². The van der Waals surface area contributed by atoms with Crippen LogP contribution in [0, 0.1) is 0 Å². The summed E-state index contributed by atoms with van der Waals surface area (Å²) in [5.74, 6) is 0.907. The zero-order valence-electron chi connectivity index (χ0n) is 21.1. The molecule has 0 saturated carbocycles. The van der Waals surface area contributed by atoms with E-state index in [-0.39, 0.29) is 5.91 Å². The minimum atomic E-state index is -3.29. The van der Waals surface area contributed by atoms with E-state index in [1.165, 1.54) is 32.1 Å². The van der Waals surface area contributed by atoms with Crippen LogP contribution in [0.5, 0.6) is 0 Å². The van der Waals surface area contributed by atoms with Crippen molar-refractivity contribution in [3.63, 3.8) is 0 Å². The first-order valence-corrected chi connectivity index (χ1v) is 14.8. The fourth-order valence-corrected chi connectivity index (χ4v) is 4.58. The summed E-state index contributed by atoms with van der Waals surface area (Å²) in [4.78, 5) is 21.6. The third kappa shape index (κ3) is 12.1. The molecular formula is C25H44N4O4S. The van der Waals surface area contributed by atoms with Crippen LogP contribution in [0.2, 0.25) is 0 Å². The zero-order chi connectivity index (χ0) is 24.7. The summed E-state index contributed by atoms with van der Waals surface area (Å²) < 4.78 is 26.5. The number of carbonyl (C=O) groups is 1. The number of nitrogens with one attached hydrogen (secondary N) is 1.